The van der Waals surface area contributed by atoms with Crippen molar-refractivity contribution >= 4 is 10.9 Å². The first-order valence-corrected chi connectivity index (χ1v) is 6.29. The maximum Gasteiger partial charge on any atom is 0.0456 e. The molecule has 3 heteroatoms. The SMILES string of the molecule is CC(CCN)NCCc1c[nH]c2ccccc12. The molecule has 3 nitrogen and oxygen atoms in total. The summed E-state index contributed by atoms with van der Waals surface area (Å²) in [6.07, 6.45) is 4.20. The summed E-state index contributed by atoms with van der Waals surface area (Å²) in [4.78, 5) is 3.30. The summed E-state index contributed by atoms with van der Waals surface area (Å²) in [7, 11) is 0. The molecular formula is C14H21N3. The molecule has 0 aliphatic heterocycles. The molecule has 4 N–H and O–H groups in total. The molecule has 0 saturated heterocycles. The second-order valence-electron chi connectivity index (χ2n) is 4.54. The van der Waals surface area contributed by atoms with Crippen LogP contribution < -0.4 is 11.1 Å². The van der Waals surface area contributed by atoms with E-state index in [0.717, 1.165) is 25.9 Å². The Balaban J connectivity index is 1.91. The van der Waals surface area contributed by atoms with Crippen molar-refractivity contribution in [2.24, 2.45) is 5.73 Å². The summed E-state index contributed by atoms with van der Waals surface area (Å²) in [5.74, 6) is 0. The summed E-state index contributed by atoms with van der Waals surface area (Å²) < 4.78 is 0. The van der Waals surface area contributed by atoms with E-state index in [2.05, 4.69) is 47.7 Å². The van der Waals surface area contributed by atoms with Crippen LogP contribution in [0.5, 0.6) is 0 Å². The van der Waals surface area contributed by atoms with Crippen molar-refractivity contribution in [3.05, 3.63) is 36.0 Å². The molecule has 1 atom stereocenters. The minimum Gasteiger partial charge on any atom is -0.361 e. The van der Waals surface area contributed by atoms with Gasteiger partial charge in [0.15, 0.2) is 0 Å². The molecule has 0 bridgehead atoms. The number of para-hydroxylation sites is 1. The highest BCUT2D eigenvalue weighted by Gasteiger charge is 2.03. The van der Waals surface area contributed by atoms with Gasteiger partial charge in [-0.3, -0.25) is 0 Å². The minimum atomic E-state index is 0.505. The zero-order valence-electron chi connectivity index (χ0n) is 10.4. The van der Waals surface area contributed by atoms with Gasteiger partial charge < -0.3 is 16.0 Å². The molecule has 0 amide bonds. The lowest BCUT2D eigenvalue weighted by Crippen LogP contribution is -2.30. The smallest absolute Gasteiger partial charge is 0.0456 e. The van der Waals surface area contributed by atoms with Gasteiger partial charge in [-0.15, -0.1) is 0 Å². The summed E-state index contributed by atoms with van der Waals surface area (Å²) in [6.45, 7) is 3.94. The van der Waals surface area contributed by atoms with E-state index in [1.165, 1.54) is 16.5 Å². The van der Waals surface area contributed by atoms with Gasteiger partial charge >= 0.3 is 0 Å². The highest BCUT2D eigenvalue weighted by molar-refractivity contribution is 5.83. The molecule has 0 aliphatic carbocycles. The van der Waals surface area contributed by atoms with Crippen molar-refractivity contribution in [1.82, 2.24) is 10.3 Å². The number of benzene rings is 1. The number of nitrogens with two attached hydrogens (primary N) is 1. The molecule has 17 heavy (non-hydrogen) atoms. The van der Waals surface area contributed by atoms with E-state index >= 15 is 0 Å². The van der Waals surface area contributed by atoms with Gasteiger partial charge in [-0.05, 0) is 44.5 Å². The lowest BCUT2D eigenvalue weighted by molar-refractivity contribution is 0.523. The molecule has 0 radical (unpaired) electrons. The fourth-order valence-electron chi connectivity index (χ4n) is 2.14. The average Bonchev–Trinajstić information content (AvgIpc) is 2.73. The number of rotatable bonds is 6. The number of aromatic nitrogens is 1. The monoisotopic (exact) mass is 231 g/mol. The Labute approximate surface area is 102 Å². The standard InChI is InChI=1S/C14H21N3/c1-11(6-8-15)16-9-7-12-10-17-14-5-3-2-4-13(12)14/h2-5,10-11,16-17H,6-9,15H2,1H3. The first kappa shape index (κ1) is 12.1. The molecule has 1 unspecified atom stereocenters. The third-order valence-electron chi connectivity index (χ3n) is 3.16. The molecule has 0 saturated carbocycles. The van der Waals surface area contributed by atoms with Crippen LogP contribution in [0.3, 0.4) is 0 Å². The molecule has 92 valence electrons. The summed E-state index contributed by atoms with van der Waals surface area (Å²) in [6, 6.07) is 8.94. The predicted molar refractivity (Wildman–Crippen MR) is 73.1 cm³/mol. The van der Waals surface area contributed by atoms with Gasteiger partial charge in [0.25, 0.3) is 0 Å². The summed E-state index contributed by atoms with van der Waals surface area (Å²) >= 11 is 0. The molecule has 1 aromatic heterocycles. The van der Waals surface area contributed by atoms with Gasteiger partial charge in [-0.1, -0.05) is 18.2 Å². The molecule has 0 spiro atoms. The molecule has 0 aliphatic rings. The first-order valence-electron chi connectivity index (χ1n) is 6.29. The van der Waals surface area contributed by atoms with E-state index in [1.54, 1.807) is 0 Å². The third-order valence-corrected chi connectivity index (χ3v) is 3.16. The fraction of sp³-hybridized carbons (Fsp3) is 0.429. The lowest BCUT2D eigenvalue weighted by Gasteiger charge is -2.11. The number of fused-ring (bicyclic) bond motifs is 1. The number of aromatic amines is 1. The van der Waals surface area contributed by atoms with Gasteiger partial charge in [0.05, 0.1) is 0 Å². The van der Waals surface area contributed by atoms with Gasteiger partial charge in [-0.25, -0.2) is 0 Å². The Hall–Kier alpha value is -1.32. The second-order valence-corrected chi connectivity index (χ2v) is 4.54. The topological polar surface area (TPSA) is 53.8 Å². The second kappa shape index (κ2) is 5.84. The van der Waals surface area contributed by atoms with Crippen LogP contribution >= 0.6 is 0 Å². The Kier molecular flexibility index (Phi) is 4.18. The highest BCUT2D eigenvalue weighted by atomic mass is 14.9. The van der Waals surface area contributed by atoms with Crippen LogP contribution in [-0.2, 0) is 6.42 Å². The Morgan fingerprint density at radius 2 is 2.18 bits per heavy atom. The van der Waals surface area contributed by atoms with E-state index < -0.39 is 0 Å². The van der Waals surface area contributed by atoms with Crippen LogP contribution in [0.2, 0.25) is 0 Å². The van der Waals surface area contributed by atoms with Crippen molar-refractivity contribution < 1.29 is 0 Å². The molecule has 1 aromatic carbocycles. The van der Waals surface area contributed by atoms with E-state index in [0.29, 0.717) is 6.04 Å². The van der Waals surface area contributed by atoms with Crippen molar-refractivity contribution in [1.29, 1.82) is 0 Å². The molecule has 1 heterocycles. The summed E-state index contributed by atoms with van der Waals surface area (Å²) in [5, 5.41) is 4.83. The van der Waals surface area contributed by atoms with E-state index in [-0.39, 0.29) is 0 Å². The number of H-pyrrole nitrogens is 1. The predicted octanol–water partition coefficient (Wildman–Crippen LogP) is 2.04. The Morgan fingerprint density at radius 3 is 3.00 bits per heavy atom. The van der Waals surface area contributed by atoms with Gasteiger partial charge in [0.2, 0.25) is 0 Å². The van der Waals surface area contributed by atoms with Gasteiger partial charge in [0.1, 0.15) is 0 Å². The summed E-state index contributed by atoms with van der Waals surface area (Å²) in [5.41, 5.74) is 8.13. The Bertz CT molecular complexity index is 461. The average molecular weight is 231 g/mol. The number of hydrogen-bond acceptors (Lipinski definition) is 2. The van der Waals surface area contributed by atoms with Crippen LogP contribution in [0.4, 0.5) is 0 Å². The van der Waals surface area contributed by atoms with Crippen molar-refractivity contribution in [2.75, 3.05) is 13.1 Å². The molecule has 0 fully saturated rings. The quantitative estimate of drug-likeness (QED) is 0.712. The van der Waals surface area contributed by atoms with Crippen LogP contribution in [-0.4, -0.2) is 24.1 Å². The zero-order chi connectivity index (χ0) is 12.1. The Morgan fingerprint density at radius 1 is 1.35 bits per heavy atom. The van der Waals surface area contributed by atoms with Crippen molar-refractivity contribution in [3.8, 4) is 0 Å². The van der Waals surface area contributed by atoms with Crippen LogP contribution in [0.1, 0.15) is 18.9 Å². The van der Waals surface area contributed by atoms with E-state index in [1.807, 2.05) is 0 Å². The van der Waals surface area contributed by atoms with Crippen molar-refractivity contribution in [2.45, 2.75) is 25.8 Å². The molecule has 2 rings (SSSR count). The molecular weight excluding hydrogens is 210 g/mol. The largest absolute Gasteiger partial charge is 0.361 e. The molecule has 2 aromatic rings. The van der Waals surface area contributed by atoms with E-state index in [4.69, 9.17) is 5.73 Å². The van der Waals surface area contributed by atoms with Crippen LogP contribution in [0, 0.1) is 0 Å². The lowest BCUT2D eigenvalue weighted by atomic mass is 10.1. The normalized spacial score (nSPS) is 13.1. The number of nitrogens with one attached hydrogen (secondary N) is 2. The first-order chi connectivity index (χ1) is 8.31. The maximum absolute atomic E-state index is 5.53. The zero-order valence-corrected chi connectivity index (χ0v) is 10.4. The maximum atomic E-state index is 5.53. The highest BCUT2D eigenvalue weighted by Crippen LogP contribution is 2.17. The van der Waals surface area contributed by atoms with Gasteiger partial charge in [-0.2, -0.15) is 0 Å². The van der Waals surface area contributed by atoms with Crippen LogP contribution in [0.15, 0.2) is 30.5 Å². The third kappa shape index (κ3) is 3.08. The fourth-order valence-corrected chi connectivity index (χ4v) is 2.14. The van der Waals surface area contributed by atoms with Crippen LogP contribution in [0.25, 0.3) is 10.9 Å². The van der Waals surface area contributed by atoms with Gasteiger partial charge in [0, 0.05) is 23.1 Å². The minimum absolute atomic E-state index is 0.505. The van der Waals surface area contributed by atoms with Crippen molar-refractivity contribution in [3.63, 3.8) is 0 Å². The van der Waals surface area contributed by atoms with E-state index in [9.17, 15) is 0 Å². The number of hydrogen-bond donors (Lipinski definition) is 3.